The molecule has 1 aromatic heterocycles. The maximum Gasteiger partial charge on any atom is 0.322 e. The molecule has 0 aliphatic heterocycles. The summed E-state index contributed by atoms with van der Waals surface area (Å²) in [7, 11) is 0. The van der Waals surface area contributed by atoms with Gasteiger partial charge < -0.3 is 10.2 Å². The lowest BCUT2D eigenvalue weighted by atomic mass is 10.1. The van der Waals surface area contributed by atoms with Gasteiger partial charge in [-0.1, -0.05) is 54.6 Å². The van der Waals surface area contributed by atoms with Crippen LogP contribution in [-0.2, 0) is 11.3 Å². The second-order valence-electron chi connectivity index (χ2n) is 7.10. The van der Waals surface area contributed by atoms with Crippen LogP contribution in [0, 0.1) is 5.18 Å². The molecule has 10 heteroatoms. The molecule has 0 fully saturated rings. The number of imide groups is 1. The molecule has 1 heterocycles. The van der Waals surface area contributed by atoms with Crippen LogP contribution >= 0.6 is 11.2 Å². The lowest BCUT2D eigenvalue weighted by Crippen LogP contribution is -2.41. The van der Waals surface area contributed by atoms with Crippen LogP contribution < -0.4 is 5.84 Å². The van der Waals surface area contributed by atoms with Crippen molar-refractivity contribution < 1.29 is 19.8 Å². The number of nitrogens with zero attached hydrogens (tertiary/aromatic N) is 4. The SMILES string of the molecule is NN(C(=O)C#Sc1nnc(-c2ccccc2O)n1Cc1ccccc1)C(=O)c1ccccc1O. The first kappa shape index (κ1) is 22.7. The number of para-hydroxylation sites is 2. The Kier molecular flexibility index (Phi) is 6.65. The number of hydrazine groups is 1. The Bertz CT molecular complexity index is 1430. The predicted molar refractivity (Wildman–Crippen MR) is 126 cm³/mol. The molecule has 0 saturated heterocycles. The number of benzene rings is 3. The summed E-state index contributed by atoms with van der Waals surface area (Å²) in [4.78, 5) is 25.0. The molecule has 0 aliphatic rings. The van der Waals surface area contributed by atoms with Crippen molar-refractivity contribution in [1.82, 2.24) is 19.8 Å². The minimum absolute atomic E-state index is 0.0335. The zero-order chi connectivity index (χ0) is 24.1. The van der Waals surface area contributed by atoms with Crippen LogP contribution in [0.15, 0.2) is 84.0 Å². The third-order valence-corrected chi connectivity index (χ3v) is 5.61. The van der Waals surface area contributed by atoms with E-state index < -0.39 is 11.8 Å². The van der Waals surface area contributed by atoms with Gasteiger partial charge in [0, 0.05) is 5.18 Å². The first-order valence-corrected chi connectivity index (χ1v) is 10.9. The molecule has 4 N–H and O–H groups in total. The molecule has 0 unspecified atom stereocenters. The van der Waals surface area contributed by atoms with Crippen LogP contribution in [0.25, 0.3) is 11.4 Å². The van der Waals surface area contributed by atoms with E-state index in [-0.39, 0.29) is 17.1 Å². The van der Waals surface area contributed by atoms with Gasteiger partial charge in [-0.2, -0.15) is 5.01 Å². The molecule has 4 aromatic rings. The minimum Gasteiger partial charge on any atom is -0.507 e. The van der Waals surface area contributed by atoms with E-state index in [1.807, 2.05) is 30.3 Å². The number of hydrogen-bond acceptors (Lipinski definition) is 7. The fourth-order valence-corrected chi connectivity index (χ4v) is 3.77. The fourth-order valence-electron chi connectivity index (χ4n) is 3.15. The third-order valence-electron chi connectivity index (χ3n) is 4.85. The summed E-state index contributed by atoms with van der Waals surface area (Å²) in [6.07, 6.45) is 0. The minimum atomic E-state index is -0.920. The molecular weight excluding hydrogens is 454 g/mol. The number of amides is 2. The van der Waals surface area contributed by atoms with Gasteiger partial charge in [-0.15, -0.1) is 10.2 Å². The molecule has 3 aromatic carbocycles. The highest BCUT2D eigenvalue weighted by Gasteiger charge is 2.21. The van der Waals surface area contributed by atoms with Crippen molar-refractivity contribution in [1.29, 1.82) is 0 Å². The summed E-state index contributed by atoms with van der Waals surface area (Å²) in [5, 5.41) is 31.6. The van der Waals surface area contributed by atoms with Gasteiger partial charge in [0.2, 0.25) is 5.16 Å². The Hall–Kier alpha value is -4.50. The topological polar surface area (TPSA) is 135 Å². The van der Waals surface area contributed by atoms with E-state index in [1.54, 1.807) is 41.0 Å². The Balaban J connectivity index is 1.67. The van der Waals surface area contributed by atoms with E-state index in [2.05, 4.69) is 15.4 Å². The second kappa shape index (κ2) is 9.97. The summed E-state index contributed by atoms with van der Waals surface area (Å²) in [6, 6.07) is 22.0. The molecule has 9 nitrogen and oxygen atoms in total. The van der Waals surface area contributed by atoms with Crippen molar-refractivity contribution in [2.45, 2.75) is 11.7 Å². The fraction of sp³-hybridized carbons (Fsp3) is 0.0417. The van der Waals surface area contributed by atoms with Crippen LogP contribution in [0.3, 0.4) is 0 Å². The zero-order valence-electron chi connectivity index (χ0n) is 17.7. The first-order valence-electron chi connectivity index (χ1n) is 10.0. The molecule has 2 amide bonds. The highest BCUT2D eigenvalue weighted by Crippen LogP contribution is 2.29. The lowest BCUT2D eigenvalue weighted by Gasteiger charge is -2.12. The Labute approximate surface area is 198 Å². The Morgan fingerprint density at radius 2 is 1.56 bits per heavy atom. The largest absolute Gasteiger partial charge is 0.507 e. The van der Waals surface area contributed by atoms with E-state index in [0.717, 1.165) is 16.7 Å². The van der Waals surface area contributed by atoms with Gasteiger partial charge in [0.15, 0.2) is 5.82 Å². The maximum absolute atomic E-state index is 12.5. The van der Waals surface area contributed by atoms with Gasteiger partial charge in [-0.25, -0.2) is 5.84 Å². The summed E-state index contributed by atoms with van der Waals surface area (Å²) in [6.45, 7) is 0.360. The van der Waals surface area contributed by atoms with E-state index in [9.17, 15) is 19.8 Å². The van der Waals surface area contributed by atoms with Crippen LogP contribution in [0.4, 0.5) is 0 Å². The van der Waals surface area contributed by atoms with Crippen molar-refractivity contribution in [3.63, 3.8) is 0 Å². The molecule has 170 valence electrons. The van der Waals surface area contributed by atoms with E-state index in [4.69, 9.17) is 5.84 Å². The highest BCUT2D eigenvalue weighted by molar-refractivity contribution is 7.89. The predicted octanol–water partition coefficient (Wildman–Crippen LogP) is 3.00. The smallest absolute Gasteiger partial charge is 0.322 e. The van der Waals surface area contributed by atoms with E-state index in [1.165, 1.54) is 12.1 Å². The lowest BCUT2D eigenvalue weighted by molar-refractivity contribution is -0.122. The molecule has 34 heavy (non-hydrogen) atoms. The average molecular weight is 474 g/mol. The summed E-state index contributed by atoms with van der Waals surface area (Å²) in [5.74, 6) is 4.01. The van der Waals surface area contributed by atoms with E-state index in [0.29, 0.717) is 28.1 Å². The van der Waals surface area contributed by atoms with Gasteiger partial charge in [0.25, 0.3) is 5.91 Å². The first-order chi connectivity index (χ1) is 16.5. The van der Waals surface area contributed by atoms with Crippen molar-refractivity contribution in [2.24, 2.45) is 5.84 Å². The number of phenols is 2. The molecule has 0 atom stereocenters. The van der Waals surface area contributed by atoms with Crippen molar-refractivity contribution in [3.05, 3.63) is 90.0 Å². The second-order valence-corrected chi connectivity index (χ2v) is 7.87. The van der Waals surface area contributed by atoms with Gasteiger partial charge in [-0.05, 0) is 41.0 Å². The maximum atomic E-state index is 12.5. The van der Waals surface area contributed by atoms with Crippen LogP contribution in [0.1, 0.15) is 15.9 Å². The Morgan fingerprint density at radius 3 is 2.26 bits per heavy atom. The number of carbonyl (C=O) groups excluding carboxylic acids is 2. The molecule has 0 spiro atoms. The number of rotatable bonds is 4. The molecule has 0 aliphatic carbocycles. The number of hydrogen-bond donors (Lipinski definition) is 3. The van der Waals surface area contributed by atoms with Crippen molar-refractivity contribution in [3.8, 4) is 28.1 Å². The zero-order valence-corrected chi connectivity index (χ0v) is 18.5. The van der Waals surface area contributed by atoms with Crippen LogP contribution in [-0.4, -0.2) is 41.8 Å². The number of aromatic nitrogens is 3. The Morgan fingerprint density at radius 1 is 0.912 bits per heavy atom. The average Bonchev–Trinajstić information content (AvgIpc) is 3.24. The summed E-state index contributed by atoms with van der Waals surface area (Å²) < 4.78 is 1.72. The van der Waals surface area contributed by atoms with E-state index >= 15 is 0 Å². The molecule has 0 radical (unpaired) electrons. The van der Waals surface area contributed by atoms with Crippen molar-refractivity contribution >= 4 is 23.0 Å². The van der Waals surface area contributed by atoms with Gasteiger partial charge in [0.1, 0.15) is 11.5 Å². The van der Waals surface area contributed by atoms with Gasteiger partial charge in [-0.3, -0.25) is 14.2 Å². The molecular formula is C24H19N5O4S. The number of aromatic hydroxyl groups is 2. The van der Waals surface area contributed by atoms with Crippen LogP contribution in [0.2, 0.25) is 0 Å². The van der Waals surface area contributed by atoms with Gasteiger partial charge >= 0.3 is 5.91 Å². The standard InChI is InChI=1S/C24H19N5O4S/c25-29(23(33)18-11-5-7-13-20(18)31)21(32)15-34-24-27-26-22(17-10-4-6-12-19(17)30)28(24)14-16-8-2-1-3-9-16/h1-13,30-31H,14,25H2. The number of nitrogens with two attached hydrogens (primary N) is 1. The third kappa shape index (κ3) is 4.79. The van der Waals surface area contributed by atoms with Crippen molar-refractivity contribution in [2.75, 3.05) is 0 Å². The monoisotopic (exact) mass is 473 g/mol. The summed E-state index contributed by atoms with van der Waals surface area (Å²) >= 11 is 0.813. The molecule has 0 bridgehead atoms. The summed E-state index contributed by atoms with van der Waals surface area (Å²) in [5.41, 5.74) is 1.31. The normalized spacial score (nSPS) is 10.4. The van der Waals surface area contributed by atoms with Gasteiger partial charge in [0.05, 0.1) is 17.7 Å². The quantitative estimate of drug-likeness (QED) is 0.236. The molecule has 4 rings (SSSR count). The number of carbonyl (C=O) groups is 2. The number of phenolic OH excluding ortho intramolecular Hbond substituents is 2. The van der Waals surface area contributed by atoms with Crippen LogP contribution in [0.5, 0.6) is 11.5 Å². The molecule has 0 saturated carbocycles. The highest BCUT2D eigenvalue weighted by atomic mass is 32.1.